The lowest BCUT2D eigenvalue weighted by molar-refractivity contribution is -0.181. The number of benzene rings is 1. The summed E-state index contributed by atoms with van der Waals surface area (Å²) in [6.07, 6.45) is 0.310. The van der Waals surface area contributed by atoms with Gasteiger partial charge in [0.1, 0.15) is 5.75 Å². The van der Waals surface area contributed by atoms with Gasteiger partial charge in [0.15, 0.2) is 34.7 Å². The first-order valence-electron chi connectivity index (χ1n) is 11.1. The zero-order chi connectivity index (χ0) is 25.3. The minimum atomic E-state index is -2.70. The largest absolute Gasteiger partial charge is 0.507 e. The van der Waals surface area contributed by atoms with Crippen LogP contribution in [-0.4, -0.2) is 88.9 Å². The Hall–Kier alpha value is -2.95. The van der Waals surface area contributed by atoms with Crippen molar-refractivity contribution in [3.05, 3.63) is 28.8 Å². The average Bonchev–Trinajstić information content (AvgIpc) is 2.72. The minimum absolute atomic E-state index is 0.0194. The van der Waals surface area contributed by atoms with Crippen molar-refractivity contribution in [1.82, 2.24) is 9.80 Å². The number of nitrogens with two attached hydrogens (primary N) is 1. The predicted molar refractivity (Wildman–Crippen MR) is 119 cm³/mol. The number of ketones is 4. The summed E-state index contributed by atoms with van der Waals surface area (Å²) in [6, 6.07) is 2.03. The van der Waals surface area contributed by atoms with Gasteiger partial charge in [-0.05, 0) is 64.1 Å². The van der Waals surface area contributed by atoms with Crippen molar-refractivity contribution in [2.75, 3.05) is 28.2 Å². The first kappa shape index (κ1) is 24.2. The molecule has 2 fully saturated rings. The molecule has 0 saturated heterocycles. The zero-order valence-corrected chi connectivity index (χ0v) is 19.6. The summed E-state index contributed by atoms with van der Waals surface area (Å²) >= 11 is 0. The molecule has 10 heteroatoms. The second-order valence-corrected chi connectivity index (χ2v) is 10.1. The van der Waals surface area contributed by atoms with E-state index in [0.29, 0.717) is 12.1 Å². The van der Waals surface area contributed by atoms with Gasteiger partial charge in [-0.1, -0.05) is 6.07 Å². The number of Topliss-reactive ketones (excluding diaryl/α,β-unsaturated/α-hetero) is 4. The number of phenols is 1. The van der Waals surface area contributed by atoms with E-state index in [-0.39, 0.29) is 24.2 Å². The molecular formula is C24H29N3O7. The maximum absolute atomic E-state index is 13.7. The van der Waals surface area contributed by atoms with Crippen LogP contribution in [0, 0.1) is 23.7 Å². The number of fused-ring (bicyclic) bond motifs is 3. The van der Waals surface area contributed by atoms with Crippen molar-refractivity contribution >= 4 is 29.0 Å². The van der Waals surface area contributed by atoms with Gasteiger partial charge in [0, 0.05) is 12.5 Å². The van der Waals surface area contributed by atoms with E-state index in [9.17, 15) is 34.2 Å². The lowest BCUT2D eigenvalue weighted by Crippen LogP contribution is -2.74. The predicted octanol–water partition coefficient (Wildman–Crippen LogP) is -1.07. The van der Waals surface area contributed by atoms with E-state index in [4.69, 9.17) is 5.73 Å². The van der Waals surface area contributed by atoms with Gasteiger partial charge in [-0.2, -0.15) is 0 Å². The van der Waals surface area contributed by atoms with Gasteiger partial charge in [-0.15, -0.1) is 0 Å². The topological polar surface area (TPSA) is 158 Å². The van der Waals surface area contributed by atoms with Gasteiger partial charge in [0.05, 0.1) is 17.5 Å². The molecule has 4 rings (SSSR count). The van der Waals surface area contributed by atoms with E-state index in [2.05, 4.69) is 0 Å². The van der Waals surface area contributed by atoms with Gasteiger partial charge in [0.2, 0.25) is 5.91 Å². The summed E-state index contributed by atoms with van der Waals surface area (Å²) in [5.74, 6) is -10.3. The molecule has 0 spiro atoms. The number of aliphatic hydroxyl groups is 1. The van der Waals surface area contributed by atoms with E-state index < -0.39 is 64.4 Å². The highest BCUT2D eigenvalue weighted by Crippen LogP contribution is 2.51. The summed E-state index contributed by atoms with van der Waals surface area (Å²) in [4.78, 5) is 68.9. The number of hydrogen-bond donors (Lipinski definition) is 3. The molecule has 0 heterocycles. The molecule has 3 aliphatic rings. The summed E-state index contributed by atoms with van der Waals surface area (Å²) in [5.41, 5.74) is 4.08. The summed E-state index contributed by atoms with van der Waals surface area (Å²) in [7, 11) is 6.85. The van der Waals surface area contributed by atoms with E-state index in [1.165, 1.54) is 11.0 Å². The van der Waals surface area contributed by atoms with Crippen molar-refractivity contribution in [2.24, 2.45) is 29.4 Å². The standard InChI is InChI=1S/C24H29N3O7/c1-26(2)9-10-5-6-14(28)16-12(10)7-11-8-13-18(27(3)4)20(30)17(23(25)33)22(32)24(13,34)21(31)15(11)19(16)29/h5-6,11,13,15,17-18,28,34H,7-9H2,1-4H3,(H2,25,33)/t11-,13-,15?,17?,18-,24-/m1/s1. The molecule has 0 aromatic heterocycles. The number of primary amides is 1. The fraction of sp³-hybridized carbons (Fsp3) is 0.542. The smallest absolute Gasteiger partial charge is 0.235 e. The van der Waals surface area contributed by atoms with Crippen LogP contribution in [0.15, 0.2) is 12.1 Å². The number of carbonyl (C=O) groups excluding carboxylic acids is 5. The molecule has 182 valence electrons. The Morgan fingerprint density at radius 1 is 1.12 bits per heavy atom. The fourth-order valence-electron chi connectivity index (χ4n) is 6.16. The second kappa shape index (κ2) is 8.07. The van der Waals surface area contributed by atoms with E-state index >= 15 is 0 Å². The number of likely N-dealkylation sites (N-methyl/N-ethyl adjacent to an activating group) is 1. The van der Waals surface area contributed by atoms with Crippen molar-refractivity contribution < 1.29 is 34.2 Å². The average molecular weight is 472 g/mol. The first-order valence-corrected chi connectivity index (χ1v) is 11.1. The van der Waals surface area contributed by atoms with Crippen molar-refractivity contribution in [3.8, 4) is 5.75 Å². The Bertz CT molecular complexity index is 1130. The number of nitrogens with zero attached hydrogens (tertiary/aromatic N) is 2. The first-order chi connectivity index (χ1) is 15.8. The quantitative estimate of drug-likeness (QED) is 0.465. The number of aromatic hydroxyl groups is 1. The Balaban J connectivity index is 1.86. The molecule has 1 aromatic rings. The van der Waals surface area contributed by atoms with Crippen molar-refractivity contribution in [1.29, 1.82) is 0 Å². The summed E-state index contributed by atoms with van der Waals surface area (Å²) < 4.78 is 0. The second-order valence-electron chi connectivity index (χ2n) is 10.1. The van der Waals surface area contributed by atoms with Crippen molar-refractivity contribution in [2.45, 2.75) is 31.0 Å². The molecule has 6 atom stereocenters. The normalized spacial score (nSPS) is 33.1. The SMILES string of the molecule is CN(C)Cc1ccc(O)c2c1C[C@@H]1C[C@@H]3[C@@H](N(C)C)C(=O)C(C(N)=O)C(=O)[C@]3(O)C(=O)C1C2=O. The molecule has 34 heavy (non-hydrogen) atoms. The minimum Gasteiger partial charge on any atom is -0.507 e. The molecule has 4 N–H and O–H groups in total. The maximum Gasteiger partial charge on any atom is 0.235 e. The fourth-order valence-corrected chi connectivity index (χ4v) is 6.16. The lowest BCUT2D eigenvalue weighted by Gasteiger charge is -2.52. The Labute approximate surface area is 196 Å². The van der Waals surface area contributed by atoms with Gasteiger partial charge in [-0.3, -0.25) is 28.9 Å². The van der Waals surface area contributed by atoms with E-state index in [1.807, 2.05) is 19.0 Å². The molecule has 0 bridgehead atoms. The highest BCUT2D eigenvalue weighted by molar-refractivity contribution is 6.32. The highest BCUT2D eigenvalue weighted by Gasteiger charge is 2.69. The molecule has 1 aromatic carbocycles. The third kappa shape index (κ3) is 3.24. The monoisotopic (exact) mass is 471 g/mol. The Morgan fingerprint density at radius 2 is 1.76 bits per heavy atom. The summed E-state index contributed by atoms with van der Waals surface area (Å²) in [5, 5.41) is 22.0. The maximum atomic E-state index is 13.7. The van der Waals surface area contributed by atoms with Crippen LogP contribution in [-0.2, 0) is 32.1 Å². The van der Waals surface area contributed by atoms with E-state index in [1.54, 1.807) is 20.2 Å². The number of rotatable bonds is 4. The molecule has 0 radical (unpaired) electrons. The van der Waals surface area contributed by atoms with Gasteiger partial charge < -0.3 is 20.8 Å². The third-order valence-electron chi connectivity index (χ3n) is 7.53. The zero-order valence-electron chi connectivity index (χ0n) is 19.6. The Morgan fingerprint density at radius 3 is 2.32 bits per heavy atom. The molecule has 3 aliphatic carbocycles. The molecule has 2 unspecified atom stereocenters. The van der Waals surface area contributed by atoms with Gasteiger partial charge in [-0.25, -0.2) is 0 Å². The molecule has 2 saturated carbocycles. The van der Waals surface area contributed by atoms with Crippen LogP contribution < -0.4 is 5.73 Å². The van der Waals surface area contributed by atoms with E-state index in [0.717, 1.165) is 5.56 Å². The van der Waals surface area contributed by atoms with Gasteiger partial charge in [0.25, 0.3) is 0 Å². The Kier molecular flexibility index (Phi) is 5.74. The van der Waals surface area contributed by atoms with Crippen LogP contribution in [0.3, 0.4) is 0 Å². The molecule has 0 aliphatic heterocycles. The highest BCUT2D eigenvalue weighted by atomic mass is 16.3. The van der Waals surface area contributed by atoms with Crippen LogP contribution in [0.2, 0.25) is 0 Å². The van der Waals surface area contributed by atoms with Crippen LogP contribution in [0.25, 0.3) is 0 Å². The number of amides is 1. The third-order valence-corrected chi connectivity index (χ3v) is 7.53. The number of carbonyl (C=O) groups is 5. The lowest BCUT2D eigenvalue weighted by atomic mass is 9.52. The molecule has 10 nitrogen and oxygen atoms in total. The number of hydrogen-bond acceptors (Lipinski definition) is 9. The van der Waals surface area contributed by atoms with Crippen LogP contribution in [0.1, 0.15) is 27.9 Å². The van der Waals surface area contributed by atoms with Gasteiger partial charge >= 0.3 is 0 Å². The number of phenolic OH excluding ortho intramolecular Hbond substituents is 1. The molecule has 1 amide bonds. The van der Waals surface area contributed by atoms with Crippen molar-refractivity contribution in [3.63, 3.8) is 0 Å². The van der Waals surface area contributed by atoms with Crippen LogP contribution >= 0.6 is 0 Å². The summed E-state index contributed by atoms with van der Waals surface area (Å²) in [6.45, 7) is 0.506. The van der Waals surface area contributed by atoms with Crippen LogP contribution in [0.4, 0.5) is 0 Å². The molecular weight excluding hydrogens is 442 g/mol. The van der Waals surface area contributed by atoms with Crippen LogP contribution in [0.5, 0.6) is 5.75 Å².